The third-order valence-corrected chi connectivity index (χ3v) is 10.7. The van der Waals surface area contributed by atoms with Gasteiger partial charge < -0.3 is 10.4 Å². The van der Waals surface area contributed by atoms with E-state index in [0.717, 1.165) is 37.5 Å². The molecule has 1 saturated heterocycles. The largest absolute Gasteiger partial charge is 0.481 e. The highest BCUT2D eigenvalue weighted by Gasteiger charge is 2.79. The molecule has 2 fully saturated rings. The van der Waals surface area contributed by atoms with E-state index in [1.165, 1.54) is 12.1 Å². The number of halogens is 8. The van der Waals surface area contributed by atoms with Crippen LogP contribution in [0, 0.1) is 23.1 Å². The second-order valence-corrected chi connectivity index (χ2v) is 13.4. The summed E-state index contributed by atoms with van der Waals surface area (Å²) < 4.78 is 62.1. The molecule has 0 radical (unpaired) electrons. The Balaban J connectivity index is 2.21. The Morgan fingerprint density at radius 2 is 1.62 bits per heavy atom. The van der Waals surface area contributed by atoms with Crippen LogP contribution in [-0.4, -0.2) is 23.3 Å². The molecule has 2 aliphatic rings. The summed E-state index contributed by atoms with van der Waals surface area (Å²) in [5.74, 6) is -4.98. The van der Waals surface area contributed by atoms with E-state index in [-0.39, 0.29) is 30.7 Å². The third-order valence-electron chi connectivity index (χ3n) is 8.89. The zero-order valence-corrected chi connectivity index (χ0v) is 25.4. The van der Waals surface area contributed by atoms with Crippen LogP contribution in [0.3, 0.4) is 0 Å². The van der Waals surface area contributed by atoms with E-state index in [4.69, 9.17) is 34.8 Å². The maximum atomic E-state index is 15.9. The highest BCUT2D eigenvalue weighted by Crippen LogP contribution is 2.67. The van der Waals surface area contributed by atoms with Crippen molar-refractivity contribution in [1.29, 1.82) is 0 Å². The number of alkyl halides is 3. The van der Waals surface area contributed by atoms with Crippen LogP contribution in [0.1, 0.15) is 64.0 Å². The van der Waals surface area contributed by atoms with Gasteiger partial charge in [-0.2, -0.15) is 13.2 Å². The summed E-state index contributed by atoms with van der Waals surface area (Å²) in [4.78, 5) is 13.4. The van der Waals surface area contributed by atoms with Crippen molar-refractivity contribution in [3.05, 3.63) is 66.8 Å². The van der Waals surface area contributed by atoms with Gasteiger partial charge in [0.1, 0.15) is 11.2 Å². The number of aliphatic carboxylic acids is 1. The van der Waals surface area contributed by atoms with Gasteiger partial charge in [0.2, 0.25) is 0 Å². The predicted octanol–water partition coefficient (Wildman–Crippen LogP) is 9.54. The van der Waals surface area contributed by atoms with Crippen molar-refractivity contribution in [2.45, 2.75) is 76.0 Å². The number of carbonyl (C=O) groups is 1. The minimum Gasteiger partial charge on any atom is -0.481 e. The molecule has 4 rings (SSSR count). The SMILES string of the molecule is CC(C)[C@@H]1N[C@](c2ccc(F)c(Br)c2)(C2(C)CCCCC2)C(C(=O)O)C1(c1cc(Cl)c(Cl)c(Cl)c1)C(F)(F)F. The molecule has 1 saturated carbocycles. The summed E-state index contributed by atoms with van der Waals surface area (Å²) >= 11 is 21.8. The van der Waals surface area contributed by atoms with Gasteiger partial charge in [0.15, 0.2) is 0 Å². The molecule has 39 heavy (non-hydrogen) atoms. The second kappa shape index (κ2) is 10.6. The normalized spacial score (nSPS) is 29.1. The summed E-state index contributed by atoms with van der Waals surface area (Å²) in [5.41, 5.74) is -5.73. The molecule has 4 atom stereocenters. The van der Waals surface area contributed by atoms with Crippen molar-refractivity contribution >= 4 is 56.7 Å². The lowest BCUT2D eigenvalue weighted by Crippen LogP contribution is -2.61. The predicted molar refractivity (Wildman–Crippen MR) is 149 cm³/mol. The topological polar surface area (TPSA) is 49.3 Å². The molecule has 2 aromatic rings. The van der Waals surface area contributed by atoms with Crippen LogP contribution in [0.2, 0.25) is 15.1 Å². The highest BCUT2D eigenvalue weighted by molar-refractivity contribution is 9.10. The number of benzene rings is 2. The van der Waals surface area contributed by atoms with Gasteiger partial charge in [-0.25, -0.2) is 4.39 Å². The summed E-state index contributed by atoms with van der Waals surface area (Å²) in [7, 11) is 0. The number of hydrogen-bond donors (Lipinski definition) is 2. The molecule has 1 aliphatic heterocycles. The smallest absolute Gasteiger partial charge is 0.400 e. The van der Waals surface area contributed by atoms with Crippen LogP contribution in [0.5, 0.6) is 0 Å². The summed E-state index contributed by atoms with van der Waals surface area (Å²) in [5, 5.41) is 13.7. The van der Waals surface area contributed by atoms with Gasteiger partial charge in [0.25, 0.3) is 0 Å². The molecule has 1 heterocycles. The minimum absolute atomic E-state index is 0.0351. The van der Waals surface area contributed by atoms with Crippen LogP contribution >= 0.6 is 50.7 Å². The fourth-order valence-electron chi connectivity index (χ4n) is 7.27. The molecule has 0 bridgehead atoms. The number of carboxylic acids is 1. The third kappa shape index (κ3) is 4.61. The molecule has 11 heteroatoms. The lowest BCUT2D eigenvalue weighted by Gasteiger charge is -2.53. The maximum Gasteiger partial charge on any atom is 0.400 e. The fourth-order valence-corrected chi connectivity index (χ4v) is 8.24. The van der Waals surface area contributed by atoms with Crippen molar-refractivity contribution < 1.29 is 27.5 Å². The maximum absolute atomic E-state index is 15.9. The fraction of sp³-hybridized carbons (Fsp3) is 0.536. The zero-order valence-electron chi connectivity index (χ0n) is 21.5. The van der Waals surface area contributed by atoms with E-state index in [1.807, 2.05) is 6.92 Å². The van der Waals surface area contributed by atoms with Crippen molar-refractivity contribution in [2.75, 3.05) is 0 Å². The molecule has 2 unspecified atom stereocenters. The van der Waals surface area contributed by atoms with E-state index < -0.39 is 52.2 Å². The minimum atomic E-state index is -5.07. The van der Waals surface area contributed by atoms with Crippen LogP contribution in [-0.2, 0) is 15.7 Å². The van der Waals surface area contributed by atoms with Crippen LogP contribution < -0.4 is 5.32 Å². The summed E-state index contributed by atoms with van der Waals surface area (Å²) in [6.45, 7) is 5.09. The molecule has 214 valence electrons. The number of rotatable bonds is 5. The van der Waals surface area contributed by atoms with Crippen molar-refractivity contribution in [3.8, 4) is 0 Å². The van der Waals surface area contributed by atoms with E-state index >= 15 is 13.2 Å². The van der Waals surface area contributed by atoms with E-state index in [0.29, 0.717) is 12.8 Å². The lowest BCUT2D eigenvalue weighted by atomic mass is 9.51. The Bertz CT molecular complexity index is 1260. The Morgan fingerprint density at radius 3 is 2.08 bits per heavy atom. The lowest BCUT2D eigenvalue weighted by molar-refractivity contribution is -0.218. The molecule has 0 aromatic heterocycles. The Kier molecular flexibility index (Phi) is 8.43. The summed E-state index contributed by atoms with van der Waals surface area (Å²) in [6.07, 6.45) is -1.77. The van der Waals surface area contributed by atoms with Gasteiger partial charge in [-0.3, -0.25) is 4.79 Å². The van der Waals surface area contributed by atoms with Crippen LogP contribution in [0.25, 0.3) is 0 Å². The van der Waals surface area contributed by atoms with E-state index in [1.54, 1.807) is 13.8 Å². The van der Waals surface area contributed by atoms with Crippen LogP contribution in [0.15, 0.2) is 34.8 Å². The van der Waals surface area contributed by atoms with E-state index in [9.17, 15) is 14.3 Å². The van der Waals surface area contributed by atoms with Gasteiger partial charge >= 0.3 is 12.1 Å². The second-order valence-electron chi connectivity index (χ2n) is 11.3. The van der Waals surface area contributed by atoms with Crippen LogP contribution in [0.4, 0.5) is 17.6 Å². The number of hydrogen-bond acceptors (Lipinski definition) is 2. The molecular weight excluding hydrogens is 645 g/mol. The molecule has 0 amide bonds. The van der Waals surface area contributed by atoms with Crippen molar-refractivity contribution in [3.63, 3.8) is 0 Å². The van der Waals surface area contributed by atoms with Crippen molar-refractivity contribution in [1.82, 2.24) is 5.32 Å². The number of carboxylic acid groups (broad SMARTS) is 1. The Morgan fingerprint density at radius 1 is 1.05 bits per heavy atom. The van der Waals surface area contributed by atoms with Crippen molar-refractivity contribution in [2.24, 2.45) is 17.3 Å². The zero-order chi connectivity index (χ0) is 29.1. The molecule has 0 spiro atoms. The van der Waals surface area contributed by atoms with Gasteiger partial charge in [-0.05, 0) is 75.5 Å². The van der Waals surface area contributed by atoms with E-state index in [2.05, 4.69) is 21.2 Å². The van der Waals surface area contributed by atoms with Gasteiger partial charge in [0.05, 0.1) is 31.0 Å². The Labute approximate surface area is 248 Å². The Hall–Kier alpha value is -1.06. The average Bonchev–Trinajstić information content (AvgIpc) is 3.20. The molecule has 3 nitrogen and oxygen atoms in total. The standard InChI is InChI=1S/C28H29BrCl3F4NO2/c1-14(2)23-26(28(34,35)36,16-12-18(30)21(32)19(31)13-16)22(24(38)39)27(37-23,25(3)9-5-4-6-10-25)15-7-8-20(33)17(29)11-15/h7-8,11-14,22-23,37H,4-6,9-10H2,1-3H3,(H,38,39)/t22?,23-,26?,27-/m0/s1. The first kappa shape index (κ1) is 30.9. The first-order valence-electron chi connectivity index (χ1n) is 12.7. The highest BCUT2D eigenvalue weighted by atomic mass is 79.9. The van der Waals surface area contributed by atoms with Gasteiger partial charge in [-0.1, -0.05) is 80.9 Å². The number of nitrogens with one attached hydrogen (secondary N) is 1. The monoisotopic (exact) mass is 671 g/mol. The van der Waals surface area contributed by atoms with Gasteiger partial charge in [0, 0.05) is 6.04 Å². The van der Waals surface area contributed by atoms with Gasteiger partial charge in [-0.15, -0.1) is 0 Å². The average molecular weight is 674 g/mol. The quantitative estimate of drug-likeness (QED) is 0.246. The molecule has 2 aromatic carbocycles. The molecule has 2 N–H and O–H groups in total. The first-order valence-corrected chi connectivity index (χ1v) is 14.6. The molecular formula is C28H29BrCl3F4NO2. The summed E-state index contributed by atoms with van der Waals surface area (Å²) in [6, 6.07) is 4.71. The first-order chi connectivity index (χ1) is 18.0. The molecule has 1 aliphatic carbocycles.